The van der Waals surface area contributed by atoms with Crippen LogP contribution in [0.15, 0.2) is 0 Å². The van der Waals surface area contributed by atoms with E-state index in [2.05, 4.69) is 10.2 Å². The topological polar surface area (TPSA) is 78.1 Å². The number of rotatable bonds is 3. The number of ether oxygens (including phenoxy) is 1. The molecule has 1 saturated heterocycles. The van der Waals surface area contributed by atoms with Crippen molar-refractivity contribution in [3.63, 3.8) is 0 Å². The van der Waals surface area contributed by atoms with Crippen molar-refractivity contribution in [1.82, 2.24) is 10.2 Å². The van der Waals surface area contributed by atoms with E-state index in [9.17, 15) is 4.79 Å². The largest absolute Gasteiger partial charge is 0.465 e. The van der Waals surface area contributed by atoms with Crippen molar-refractivity contribution in [3.8, 4) is 0 Å². The van der Waals surface area contributed by atoms with E-state index in [1.54, 1.807) is 11.8 Å². The first-order chi connectivity index (χ1) is 7.70. The second-order valence-corrected chi connectivity index (χ2v) is 5.87. The quantitative estimate of drug-likeness (QED) is 0.831. The van der Waals surface area contributed by atoms with Gasteiger partial charge in [-0.05, 0) is 19.8 Å². The fraction of sp³-hybridized carbons (Fsp3) is 0.667. The van der Waals surface area contributed by atoms with E-state index in [-0.39, 0.29) is 16.5 Å². The highest BCUT2D eigenvalue weighted by Crippen LogP contribution is 2.46. The molecule has 0 radical (unpaired) electrons. The molecule has 0 spiro atoms. The fourth-order valence-electron chi connectivity index (χ4n) is 1.60. The smallest absolute Gasteiger partial charge is 0.319 e. The van der Waals surface area contributed by atoms with Crippen molar-refractivity contribution < 1.29 is 9.53 Å². The standard InChI is InChI=1S/C9H13N3O2S2/c1-2-14-8(13)6-4-3-5(15-6)7-11-12-9(10)16-7/h5-6H,2-4H2,1H3,(H2,10,12). The van der Waals surface area contributed by atoms with Crippen LogP contribution in [0.3, 0.4) is 0 Å². The minimum Gasteiger partial charge on any atom is -0.465 e. The number of nitrogens with zero attached hydrogens (tertiary/aromatic N) is 2. The summed E-state index contributed by atoms with van der Waals surface area (Å²) in [6.45, 7) is 2.26. The Morgan fingerprint density at radius 2 is 2.38 bits per heavy atom. The van der Waals surface area contributed by atoms with Gasteiger partial charge >= 0.3 is 5.97 Å². The number of carbonyl (C=O) groups is 1. The van der Waals surface area contributed by atoms with E-state index in [4.69, 9.17) is 10.5 Å². The van der Waals surface area contributed by atoms with E-state index in [1.165, 1.54) is 11.3 Å². The normalized spacial score (nSPS) is 24.6. The molecule has 88 valence electrons. The molecule has 2 rings (SSSR count). The fourth-order valence-corrected chi connectivity index (χ4v) is 3.83. The van der Waals surface area contributed by atoms with Crippen molar-refractivity contribution in [2.24, 2.45) is 0 Å². The zero-order chi connectivity index (χ0) is 11.5. The van der Waals surface area contributed by atoms with Crippen molar-refractivity contribution in [2.75, 3.05) is 12.3 Å². The summed E-state index contributed by atoms with van der Waals surface area (Å²) in [6.07, 6.45) is 1.77. The maximum Gasteiger partial charge on any atom is 0.319 e. The van der Waals surface area contributed by atoms with Gasteiger partial charge in [0.15, 0.2) is 0 Å². The highest BCUT2D eigenvalue weighted by molar-refractivity contribution is 8.01. The Labute approximate surface area is 102 Å². The number of esters is 1. The average molecular weight is 259 g/mol. The van der Waals surface area contributed by atoms with Crippen LogP contribution in [0, 0.1) is 0 Å². The number of anilines is 1. The Bertz CT molecular complexity index is 383. The van der Waals surface area contributed by atoms with Crippen LogP contribution in [0.2, 0.25) is 0 Å². The minimum absolute atomic E-state index is 0.0601. The first-order valence-electron chi connectivity index (χ1n) is 5.11. The summed E-state index contributed by atoms with van der Waals surface area (Å²) < 4.78 is 5.00. The maximum atomic E-state index is 11.5. The SMILES string of the molecule is CCOC(=O)C1CCC(c2nnc(N)s2)S1. The molecule has 5 nitrogen and oxygen atoms in total. The van der Waals surface area contributed by atoms with Gasteiger partial charge in [0.25, 0.3) is 0 Å². The summed E-state index contributed by atoms with van der Waals surface area (Å²) in [7, 11) is 0. The lowest BCUT2D eigenvalue weighted by molar-refractivity contribution is -0.142. The molecule has 2 unspecified atom stereocenters. The lowest BCUT2D eigenvalue weighted by Crippen LogP contribution is -2.17. The first-order valence-corrected chi connectivity index (χ1v) is 6.87. The van der Waals surface area contributed by atoms with Gasteiger partial charge in [0.1, 0.15) is 10.3 Å². The van der Waals surface area contributed by atoms with Gasteiger partial charge in [0.05, 0.1) is 11.9 Å². The molecule has 1 aliphatic heterocycles. The lowest BCUT2D eigenvalue weighted by Gasteiger charge is -2.08. The second-order valence-electron chi connectivity index (χ2n) is 3.42. The molecule has 0 saturated carbocycles. The number of hydrogen-bond acceptors (Lipinski definition) is 7. The highest BCUT2D eigenvalue weighted by atomic mass is 32.2. The summed E-state index contributed by atoms with van der Waals surface area (Å²) in [6, 6.07) is 0. The maximum absolute atomic E-state index is 11.5. The van der Waals surface area contributed by atoms with E-state index in [0.717, 1.165) is 17.8 Å². The third kappa shape index (κ3) is 2.46. The van der Waals surface area contributed by atoms with Gasteiger partial charge in [-0.2, -0.15) is 0 Å². The molecular weight excluding hydrogens is 246 g/mol. The van der Waals surface area contributed by atoms with E-state index in [0.29, 0.717) is 11.7 Å². The van der Waals surface area contributed by atoms with E-state index < -0.39 is 0 Å². The van der Waals surface area contributed by atoms with Gasteiger partial charge < -0.3 is 10.5 Å². The van der Waals surface area contributed by atoms with Crippen LogP contribution < -0.4 is 5.73 Å². The summed E-state index contributed by atoms with van der Waals surface area (Å²) in [4.78, 5) is 11.5. The predicted octanol–water partition coefficient (Wildman–Crippen LogP) is 1.62. The van der Waals surface area contributed by atoms with Crippen LogP contribution >= 0.6 is 23.1 Å². The summed E-state index contributed by atoms with van der Waals surface area (Å²) in [5, 5.41) is 9.37. The van der Waals surface area contributed by atoms with Crippen LogP contribution in [0.1, 0.15) is 30.0 Å². The van der Waals surface area contributed by atoms with Crippen molar-refractivity contribution >= 4 is 34.2 Å². The molecule has 0 aromatic carbocycles. The molecule has 2 heterocycles. The van der Waals surface area contributed by atoms with Gasteiger partial charge in [-0.15, -0.1) is 22.0 Å². The number of aromatic nitrogens is 2. The van der Waals surface area contributed by atoms with Crippen molar-refractivity contribution in [3.05, 3.63) is 5.01 Å². The third-order valence-corrected chi connectivity index (χ3v) is 4.86. The minimum atomic E-state index is -0.118. The van der Waals surface area contributed by atoms with E-state index in [1.807, 2.05) is 6.92 Å². The lowest BCUT2D eigenvalue weighted by atomic mass is 10.2. The Morgan fingerprint density at radius 1 is 1.56 bits per heavy atom. The molecule has 2 atom stereocenters. The molecule has 16 heavy (non-hydrogen) atoms. The zero-order valence-electron chi connectivity index (χ0n) is 8.88. The number of carbonyl (C=O) groups excluding carboxylic acids is 1. The van der Waals surface area contributed by atoms with Crippen LogP contribution in [-0.2, 0) is 9.53 Å². The van der Waals surface area contributed by atoms with Crippen LogP contribution in [0.5, 0.6) is 0 Å². The predicted molar refractivity (Wildman–Crippen MR) is 64.3 cm³/mol. The van der Waals surface area contributed by atoms with E-state index >= 15 is 0 Å². The van der Waals surface area contributed by atoms with Gasteiger partial charge in [-0.1, -0.05) is 11.3 Å². The number of nitrogens with two attached hydrogens (primary N) is 1. The Kier molecular flexibility index (Phi) is 3.65. The Balaban J connectivity index is 1.95. The molecule has 0 aliphatic carbocycles. The van der Waals surface area contributed by atoms with Crippen LogP contribution in [0.25, 0.3) is 0 Å². The molecule has 1 fully saturated rings. The van der Waals surface area contributed by atoms with Crippen molar-refractivity contribution in [2.45, 2.75) is 30.3 Å². The monoisotopic (exact) mass is 259 g/mol. The van der Waals surface area contributed by atoms with Crippen molar-refractivity contribution in [1.29, 1.82) is 0 Å². The van der Waals surface area contributed by atoms with Crippen LogP contribution in [0.4, 0.5) is 5.13 Å². The molecule has 1 aromatic rings. The zero-order valence-corrected chi connectivity index (χ0v) is 10.5. The molecule has 1 aliphatic rings. The number of hydrogen-bond donors (Lipinski definition) is 1. The average Bonchev–Trinajstić information content (AvgIpc) is 2.85. The molecule has 7 heteroatoms. The number of thioether (sulfide) groups is 1. The number of nitrogen functional groups attached to an aromatic ring is 1. The van der Waals surface area contributed by atoms with Gasteiger partial charge in [0.2, 0.25) is 5.13 Å². The van der Waals surface area contributed by atoms with Gasteiger partial charge in [0, 0.05) is 0 Å². The molecule has 0 bridgehead atoms. The summed E-state index contributed by atoms with van der Waals surface area (Å²) >= 11 is 3.00. The Morgan fingerprint density at radius 3 is 3.00 bits per heavy atom. The van der Waals surface area contributed by atoms with Gasteiger partial charge in [-0.25, -0.2) is 0 Å². The Hall–Kier alpha value is -0.820. The van der Waals surface area contributed by atoms with Gasteiger partial charge in [-0.3, -0.25) is 4.79 Å². The molecule has 0 amide bonds. The van der Waals surface area contributed by atoms with Crippen LogP contribution in [-0.4, -0.2) is 28.0 Å². The third-order valence-electron chi connectivity index (χ3n) is 2.30. The molecule has 2 N–H and O–H groups in total. The summed E-state index contributed by atoms with van der Waals surface area (Å²) in [5.41, 5.74) is 5.53. The second kappa shape index (κ2) is 5.01. The molecule has 1 aromatic heterocycles. The highest BCUT2D eigenvalue weighted by Gasteiger charge is 2.34. The molecular formula is C9H13N3O2S2. The first kappa shape index (κ1) is 11.7. The summed E-state index contributed by atoms with van der Waals surface area (Å²) in [5.74, 6) is -0.118.